The van der Waals surface area contributed by atoms with Crippen molar-refractivity contribution in [1.82, 2.24) is 10.2 Å². The maximum Gasteiger partial charge on any atom is 0.338 e. The number of rotatable bonds is 5. The third kappa shape index (κ3) is 3.40. The number of aryl methyl sites for hydroxylation is 1. The highest BCUT2D eigenvalue weighted by atomic mass is 32.2. The number of anilines is 1. The second-order valence-corrected chi connectivity index (χ2v) is 5.92. The van der Waals surface area contributed by atoms with Gasteiger partial charge in [0.2, 0.25) is 0 Å². The van der Waals surface area contributed by atoms with Gasteiger partial charge in [0, 0.05) is 5.69 Å². The standard InChI is InChI=1S/C13H15N3O4S/c1-3-20-13(17)10-5-4-6-11(7-10)16-21(18,19)12-8-14-15-9(12)2/h4-8,16H,3H2,1-2H3,(H,14,15). The van der Waals surface area contributed by atoms with E-state index in [2.05, 4.69) is 14.9 Å². The van der Waals surface area contributed by atoms with Gasteiger partial charge in [-0.05, 0) is 32.0 Å². The number of esters is 1. The van der Waals surface area contributed by atoms with Crippen LogP contribution in [0.4, 0.5) is 5.69 Å². The number of hydrogen-bond donors (Lipinski definition) is 2. The Bertz CT molecular complexity index is 752. The zero-order valence-corrected chi connectivity index (χ0v) is 12.4. The maximum atomic E-state index is 12.2. The number of hydrogen-bond acceptors (Lipinski definition) is 5. The Hall–Kier alpha value is -2.35. The van der Waals surface area contributed by atoms with Crippen molar-refractivity contribution in [3.8, 4) is 0 Å². The SMILES string of the molecule is CCOC(=O)c1cccc(NS(=O)(=O)c2cn[nH]c2C)c1. The fourth-order valence-electron chi connectivity index (χ4n) is 1.74. The molecule has 0 bridgehead atoms. The Kier molecular flexibility index (Phi) is 4.27. The molecular formula is C13H15N3O4S. The molecule has 2 rings (SSSR count). The van der Waals surface area contributed by atoms with Crippen LogP contribution in [-0.4, -0.2) is 31.2 Å². The van der Waals surface area contributed by atoms with Crippen LogP contribution in [0.3, 0.4) is 0 Å². The lowest BCUT2D eigenvalue weighted by Crippen LogP contribution is -2.14. The molecule has 21 heavy (non-hydrogen) atoms. The zero-order chi connectivity index (χ0) is 15.5. The number of benzene rings is 1. The predicted octanol–water partition coefficient (Wildman–Crippen LogP) is 1.70. The minimum atomic E-state index is -3.75. The Labute approximate surface area is 122 Å². The fourth-order valence-corrected chi connectivity index (χ4v) is 2.93. The van der Waals surface area contributed by atoms with Crippen LogP contribution in [0.15, 0.2) is 35.4 Å². The van der Waals surface area contributed by atoms with Gasteiger partial charge in [-0.2, -0.15) is 5.10 Å². The van der Waals surface area contributed by atoms with Gasteiger partial charge in [0.05, 0.1) is 24.1 Å². The summed E-state index contributed by atoms with van der Waals surface area (Å²) < 4.78 is 31.7. The second kappa shape index (κ2) is 5.96. The topological polar surface area (TPSA) is 101 Å². The van der Waals surface area contributed by atoms with Crippen LogP contribution in [0, 0.1) is 6.92 Å². The van der Waals surface area contributed by atoms with Gasteiger partial charge in [-0.3, -0.25) is 9.82 Å². The van der Waals surface area contributed by atoms with Crippen molar-refractivity contribution in [3.05, 3.63) is 41.7 Å². The van der Waals surface area contributed by atoms with E-state index in [9.17, 15) is 13.2 Å². The van der Waals surface area contributed by atoms with E-state index in [1.54, 1.807) is 32.0 Å². The normalized spacial score (nSPS) is 11.1. The van der Waals surface area contributed by atoms with Crippen LogP contribution in [0.1, 0.15) is 23.0 Å². The van der Waals surface area contributed by atoms with E-state index in [1.807, 2.05) is 0 Å². The first-order valence-corrected chi connectivity index (χ1v) is 7.72. The molecule has 1 heterocycles. The third-order valence-corrected chi connectivity index (χ3v) is 4.19. The maximum absolute atomic E-state index is 12.2. The number of aromatic amines is 1. The Morgan fingerprint density at radius 2 is 2.19 bits per heavy atom. The molecule has 0 fully saturated rings. The number of sulfonamides is 1. The highest BCUT2D eigenvalue weighted by Crippen LogP contribution is 2.18. The van der Waals surface area contributed by atoms with Gasteiger partial charge in [0.25, 0.3) is 10.0 Å². The van der Waals surface area contributed by atoms with Crippen LogP contribution in [0.2, 0.25) is 0 Å². The van der Waals surface area contributed by atoms with E-state index in [0.717, 1.165) is 0 Å². The molecule has 112 valence electrons. The Balaban J connectivity index is 2.26. The first-order valence-electron chi connectivity index (χ1n) is 6.24. The van der Waals surface area contributed by atoms with E-state index in [-0.39, 0.29) is 22.8 Å². The predicted molar refractivity (Wildman–Crippen MR) is 76.5 cm³/mol. The summed E-state index contributed by atoms with van der Waals surface area (Å²) in [5.74, 6) is -0.502. The molecule has 1 aromatic heterocycles. The molecular weight excluding hydrogens is 294 g/mol. The average Bonchev–Trinajstić information content (AvgIpc) is 2.86. The molecule has 2 aromatic rings. The van der Waals surface area contributed by atoms with E-state index in [4.69, 9.17) is 4.74 Å². The van der Waals surface area contributed by atoms with E-state index < -0.39 is 16.0 Å². The number of carbonyl (C=O) groups is 1. The molecule has 0 aliphatic carbocycles. The van der Waals surface area contributed by atoms with Crippen LogP contribution in [0.5, 0.6) is 0 Å². The summed E-state index contributed by atoms with van der Waals surface area (Å²) in [6.07, 6.45) is 1.23. The van der Waals surface area contributed by atoms with E-state index in [1.165, 1.54) is 12.3 Å². The monoisotopic (exact) mass is 309 g/mol. The summed E-state index contributed by atoms with van der Waals surface area (Å²) in [4.78, 5) is 11.7. The zero-order valence-electron chi connectivity index (χ0n) is 11.6. The van der Waals surface area contributed by atoms with Crippen molar-refractivity contribution in [2.45, 2.75) is 18.7 Å². The van der Waals surface area contributed by atoms with Crippen LogP contribution in [-0.2, 0) is 14.8 Å². The summed E-state index contributed by atoms with van der Waals surface area (Å²) in [6, 6.07) is 6.10. The molecule has 2 N–H and O–H groups in total. The van der Waals surface area contributed by atoms with Gasteiger partial charge >= 0.3 is 5.97 Å². The first-order chi connectivity index (χ1) is 9.94. The lowest BCUT2D eigenvalue weighted by molar-refractivity contribution is 0.0526. The summed E-state index contributed by atoms with van der Waals surface area (Å²) in [6.45, 7) is 3.56. The largest absolute Gasteiger partial charge is 0.462 e. The van der Waals surface area contributed by atoms with Crippen molar-refractivity contribution in [2.75, 3.05) is 11.3 Å². The Morgan fingerprint density at radius 1 is 1.43 bits per heavy atom. The summed E-state index contributed by atoms with van der Waals surface area (Å²) in [5, 5.41) is 6.25. The molecule has 0 aliphatic heterocycles. The molecule has 0 aliphatic rings. The van der Waals surface area contributed by atoms with E-state index >= 15 is 0 Å². The van der Waals surface area contributed by atoms with Crippen LogP contribution in [0.25, 0.3) is 0 Å². The highest BCUT2D eigenvalue weighted by molar-refractivity contribution is 7.92. The second-order valence-electron chi connectivity index (χ2n) is 4.27. The minimum absolute atomic E-state index is 0.0593. The van der Waals surface area contributed by atoms with Crippen LogP contribution < -0.4 is 4.72 Å². The minimum Gasteiger partial charge on any atom is -0.462 e. The molecule has 0 saturated heterocycles. The molecule has 0 saturated carbocycles. The number of carbonyl (C=O) groups excluding carboxylic acids is 1. The van der Waals surface area contributed by atoms with E-state index in [0.29, 0.717) is 5.69 Å². The smallest absolute Gasteiger partial charge is 0.338 e. The fraction of sp³-hybridized carbons (Fsp3) is 0.231. The number of aromatic nitrogens is 2. The van der Waals surface area contributed by atoms with Crippen molar-refractivity contribution >= 4 is 21.7 Å². The number of H-pyrrole nitrogens is 1. The van der Waals surface area contributed by atoms with Crippen molar-refractivity contribution in [1.29, 1.82) is 0 Å². The molecule has 0 amide bonds. The molecule has 8 heteroatoms. The quantitative estimate of drug-likeness (QED) is 0.819. The number of nitrogens with zero attached hydrogens (tertiary/aromatic N) is 1. The van der Waals surface area contributed by atoms with Crippen molar-refractivity contribution in [2.24, 2.45) is 0 Å². The van der Waals surface area contributed by atoms with Crippen molar-refractivity contribution < 1.29 is 17.9 Å². The summed E-state index contributed by atoms with van der Waals surface area (Å²) >= 11 is 0. The number of nitrogens with one attached hydrogen (secondary N) is 2. The molecule has 0 atom stereocenters. The number of ether oxygens (including phenoxy) is 1. The summed E-state index contributed by atoms with van der Waals surface area (Å²) in [5.41, 5.74) is 0.992. The molecule has 7 nitrogen and oxygen atoms in total. The molecule has 1 aromatic carbocycles. The van der Waals surface area contributed by atoms with Gasteiger partial charge in [-0.1, -0.05) is 6.07 Å². The first kappa shape index (κ1) is 15.0. The van der Waals surface area contributed by atoms with Crippen molar-refractivity contribution in [3.63, 3.8) is 0 Å². The highest BCUT2D eigenvalue weighted by Gasteiger charge is 2.19. The molecule has 0 unspecified atom stereocenters. The molecule has 0 radical (unpaired) electrons. The third-order valence-electron chi connectivity index (χ3n) is 2.70. The molecule has 0 spiro atoms. The Morgan fingerprint density at radius 3 is 2.81 bits per heavy atom. The van der Waals surface area contributed by atoms with Gasteiger partial charge in [0.1, 0.15) is 4.90 Å². The van der Waals surface area contributed by atoms with Gasteiger partial charge < -0.3 is 4.74 Å². The lowest BCUT2D eigenvalue weighted by atomic mass is 10.2. The van der Waals surface area contributed by atoms with Gasteiger partial charge in [0.15, 0.2) is 0 Å². The lowest BCUT2D eigenvalue weighted by Gasteiger charge is -2.08. The van der Waals surface area contributed by atoms with Crippen LogP contribution >= 0.6 is 0 Å². The van der Waals surface area contributed by atoms with Gasteiger partial charge in [-0.25, -0.2) is 13.2 Å². The van der Waals surface area contributed by atoms with Gasteiger partial charge in [-0.15, -0.1) is 0 Å². The summed E-state index contributed by atoms with van der Waals surface area (Å²) in [7, 11) is -3.75. The average molecular weight is 309 g/mol.